The lowest BCUT2D eigenvalue weighted by Crippen LogP contribution is -2.43. The SMILES string of the molecule is CN1CCCC(O)(c2cc3ccccc3s2)C1. The molecule has 1 aromatic heterocycles. The van der Waals surface area contributed by atoms with E-state index in [1.807, 2.05) is 0 Å². The second kappa shape index (κ2) is 4.09. The van der Waals surface area contributed by atoms with Gasteiger partial charge >= 0.3 is 0 Å². The molecule has 0 bridgehead atoms. The van der Waals surface area contributed by atoms with Crippen LogP contribution >= 0.6 is 11.3 Å². The summed E-state index contributed by atoms with van der Waals surface area (Å²) in [4.78, 5) is 3.33. The van der Waals surface area contributed by atoms with Crippen molar-refractivity contribution in [1.82, 2.24) is 4.90 Å². The van der Waals surface area contributed by atoms with E-state index in [2.05, 4.69) is 42.3 Å². The van der Waals surface area contributed by atoms with E-state index >= 15 is 0 Å². The fourth-order valence-electron chi connectivity index (χ4n) is 2.66. The van der Waals surface area contributed by atoms with E-state index < -0.39 is 5.60 Å². The van der Waals surface area contributed by atoms with Crippen molar-refractivity contribution in [3.05, 3.63) is 35.2 Å². The third-order valence-electron chi connectivity index (χ3n) is 3.55. The summed E-state index contributed by atoms with van der Waals surface area (Å²) in [7, 11) is 2.08. The van der Waals surface area contributed by atoms with Crippen molar-refractivity contribution in [2.75, 3.05) is 20.1 Å². The van der Waals surface area contributed by atoms with E-state index in [0.29, 0.717) is 0 Å². The molecule has 0 radical (unpaired) electrons. The molecule has 0 amide bonds. The fourth-order valence-corrected chi connectivity index (χ4v) is 3.83. The fraction of sp³-hybridized carbons (Fsp3) is 0.429. The Kier molecular flexibility index (Phi) is 2.69. The molecule has 17 heavy (non-hydrogen) atoms. The minimum atomic E-state index is -0.642. The van der Waals surface area contributed by atoms with Gasteiger partial charge in [0, 0.05) is 16.1 Å². The van der Waals surface area contributed by atoms with E-state index in [1.54, 1.807) is 11.3 Å². The Morgan fingerprint density at radius 1 is 1.35 bits per heavy atom. The van der Waals surface area contributed by atoms with Crippen molar-refractivity contribution >= 4 is 21.4 Å². The van der Waals surface area contributed by atoms with Gasteiger partial charge in [-0.2, -0.15) is 0 Å². The van der Waals surface area contributed by atoms with Crippen LogP contribution in [0.15, 0.2) is 30.3 Å². The van der Waals surface area contributed by atoms with Crippen LogP contribution in [0.3, 0.4) is 0 Å². The third kappa shape index (κ3) is 1.99. The summed E-state index contributed by atoms with van der Waals surface area (Å²) >= 11 is 1.73. The maximum atomic E-state index is 10.8. The highest BCUT2D eigenvalue weighted by Gasteiger charge is 2.35. The van der Waals surface area contributed by atoms with Gasteiger partial charge in [0.1, 0.15) is 5.60 Å². The van der Waals surface area contributed by atoms with Crippen LogP contribution in [0.5, 0.6) is 0 Å². The lowest BCUT2D eigenvalue weighted by Gasteiger charge is -2.36. The molecule has 1 aliphatic heterocycles. The summed E-state index contributed by atoms with van der Waals surface area (Å²) in [6, 6.07) is 10.5. The highest BCUT2D eigenvalue weighted by Crippen LogP contribution is 2.38. The molecule has 2 heterocycles. The number of aliphatic hydroxyl groups is 1. The first-order valence-electron chi connectivity index (χ1n) is 6.07. The standard InChI is InChI=1S/C14H17NOS/c1-15-8-4-7-14(16,10-15)13-9-11-5-2-3-6-12(11)17-13/h2-3,5-6,9,16H,4,7-8,10H2,1H3. The minimum Gasteiger partial charge on any atom is -0.383 e. The number of likely N-dealkylation sites (tertiary alicyclic amines) is 1. The molecule has 2 nitrogen and oxygen atoms in total. The molecule has 1 atom stereocenters. The molecular weight excluding hydrogens is 230 g/mol. The number of piperidine rings is 1. The number of fused-ring (bicyclic) bond motifs is 1. The molecule has 90 valence electrons. The van der Waals surface area contributed by atoms with Crippen molar-refractivity contribution in [2.24, 2.45) is 0 Å². The largest absolute Gasteiger partial charge is 0.383 e. The molecule has 1 fully saturated rings. The second-order valence-corrected chi connectivity index (χ2v) is 6.11. The van der Waals surface area contributed by atoms with Gasteiger partial charge in [-0.15, -0.1) is 11.3 Å². The first-order chi connectivity index (χ1) is 8.17. The van der Waals surface area contributed by atoms with E-state index in [0.717, 1.165) is 30.8 Å². The van der Waals surface area contributed by atoms with Crippen LogP contribution in [-0.4, -0.2) is 30.1 Å². The molecule has 1 unspecified atom stereocenters. The Balaban J connectivity index is 2.02. The van der Waals surface area contributed by atoms with Crippen LogP contribution in [0, 0.1) is 0 Å². The van der Waals surface area contributed by atoms with Gasteiger partial charge in [-0.1, -0.05) is 18.2 Å². The van der Waals surface area contributed by atoms with Gasteiger partial charge in [-0.25, -0.2) is 0 Å². The average Bonchev–Trinajstić information content (AvgIpc) is 2.73. The van der Waals surface area contributed by atoms with Gasteiger partial charge in [-0.3, -0.25) is 0 Å². The number of hydrogen-bond acceptors (Lipinski definition) is 3. The minimum absolute atomic E-state index is 0.642. The van der Waals surface area contributed by atoms with Crippen molar-refractivity contribution in [2.45, 2.75) is 18.4 Å². The van der Waals surface area contributed by atoms with Crippen LogP contribution in [0.25, 0.3) is 10.1 Å². The predicted molar refractivity (Wildman–Crippen MR) is 72.5 cm³/mol. The van der Waals surface area contributed by atoms with Crippen LogP contribution in [0.1, 0.15) is 17.7 Å². The maximum absolute atomic E-state index is 10.8. The number of β-amino-alcohol motifs (C(OH)–C–C–N with tert-alkyl or cyclic N) is 1. The smallest absolute Gasteiger partial charge is 0.111 e. The second-order valence-electron chi connectivity index (χ2n) is 5.02. The quantitative estimate of drug-likeness (QED) is 0.837. The van der Waals surface area contributed by atoms with Gasteiger partial charge < -0.3 is 10.0 Å². The average molecular weight is 247 g/mol. The van der Waals surface area contributed by atoms with Crippen LogP contribution in [0.4, 0.5) is 0 Å². The van der Waals surface area contributed by atoms with E-state index in [9.17, 15) is 5.11 Å². The highest BCUT2D eigenvalue weighted by atomic mass is 32.1. The zero-order chi connectivity index (χ0) is 11.9. The molecule has 1 aliphatic rings. The molecule has 1 N–H and O–H groups in total. The number of hydrogen-bond donors (Lipinski definition) is 1. The Morgan fingerprint density at radius 3 is 2.94 bits per heavy atom. The van der Waals surface area contributed by atoms with E-state index in [-0.39, 0.29) is 0 Å². The molecule has 1 saturated heterocycles. The molecule has 3 heteroatoms. The number of rotatable bonds is 1. The van der Waals surface area contributed by atoms with Crippen LogP contribution in [-0.2, 0) is 5.60 Å². The van der Waals surface area contributed by atoms with Gasteiger partial charge in [0.15, 0.2) is 0 Å². The molecule has 0 spiro atoms. The third-order valence-corrected chi connectivity index (χ3v) is 4.86. The lowest BCUT2D eigenvalue weighted by atomic mass is 9.91. The normalized spacial score (nSPS) is 26.5. The first-order valence-corrected chi connectivity index (χ1v) is 6.89. The Hall–Kier alpha value is -0.900. The molecule has 1 aromatic carbocycles. The van der Waals surface area contributed by atoms with Crippen molar-refractivity contribution in [3.63, 3.8) is 0 Å². The number of nitrogens with zero attached hydrogens (tertiary/aromatic N) is 1. The number of thiophene rings is 1. The maximum Gasteiger partial charge on any atom is 0.111 e. The molecule has 3 rings (SSSR count). The summed E-state index contributed by atoms with van der Waals surface area (Å²) in [5.41, 5.74) is -0.642. The Bertz CT molecular complexity index is 503. The predicted octanol–water partition coefficient (Wildman–Crippen LogP) is 2.81. The number of likely N-dealkylation sites (N-methyl/N-ethyl adjacent to an activating group) is 1. The van der Waals surface area contributed by atoms with E-state index in [4.69, 9.17) is 0 Å². The molecular formula is C14H17NOS. The van der Waals surface area contributed by atoms with Crippen molar-refractivity contribution < 1.29 is 5.11 Å². The summed E-state index contributed by atoms with van der Waals surface area (Å²) in [6.07, 6.45) is 1.95. The van der Waals surface area contributed by atoms with Crippen LogP contribution < -0.4 is 0 Å². The summed E-state index contributed by atoms with van der Waals surface area (Å²) in [6.45, 7) is 1.84. The zero-order valence-corrected chi connectivity index (χ0v) is 10.8. The Labute approximate surface area is 105 Å². The molecule has 2 aromatic rings. The van der Waals surface area contributed by atoms with Crippen LogP contribution in [0.2, 0.25) is 0 Å². The monoisotopic (exact) mass is 247 g/mol. The number of benzene rings is 1. The topological polar surface area (TPSA) is 23.5 Å². The summed E-state index contributed by atoms with van der Waals surface area (Å²) in [5.74, 6) is 0. The first kappa shape index (κ1) is 11.2. The van der Waals surface area contributed by atoms with Gasteiger partial charge in [0.25, 0.3) is 0 Å². The van der Waals surface area contributed by atoms with Gasteiger partial charge in [-0.05, 0) is 44.0 Å². The summed E-state index contributed by atoms with van der Waals surface area (Å²) in [5, 5.41) is 12.0. The molecule has 0 saturated carbocycles. The van der Waals surface area contributed by atoms with Gasteiger partial charge in [0.05, 0.1) is 0 Å². The highest BCUT2D eigenvalue weighted by molar-refractivity contribution is 7.19. The van der Waals surface area contributed by atoms with E-state index in [1.165, 1.54) is 10.1 Å². The summed E-state index contributed by atoms with van der Waals surface area (Å²) < 4.78 is 1.27. The van der Waals surface area contributed by atoms with Crippen molar-refractivity contribution in [3.8, 4) is 0 Å². The lowest BCUT2D eigenvalue weighted by molar-refractivity contribution is -0.0247. The Morgan fingerprint density at radius 2 is 2.18 bits per heavy atom. The van der Waals surface area contributed by atoms with Crippen molar-refractivity contribution in [1.29, 1.82) is 0 Å². The zero-order valence-electron chi connectivity index (χ0n) is 10.0. The van der Waals surface area contributed by atoms with Gasteiger partial charge in [0.2, 0.25) is 0 Å². The molecule has 0 aliphatic carbocycles.